The SMILES string of the molecule is CC(C)NC(=O)Nc1ccc(CNC(=O)CC2(CN)CCCCC2)cc1. The maximum absolute atomic E-state index is 12.3. The summed E-state index contributed by atoms with van der Waals surface area (Å²) in [6.45, 7) is 4.89. The molecule has 1 fully saturated rings. The second-order valence-corrected chi connectivity index (χ2v) is 7.67. The normalized spacial score (nSPS) is 16.2. The Morgan fingerprint density at radius 3 is 2.35 bits per heavy atom. The molecule has 0 saturated heterocycles. The summed E-state index contributed by atoms with van der Waals surface area (Å²) in [6, 6.07) is 7.36. The molecule has 26 heavy (non-hydrogen) atoms. The van der Waals surface area contributed by atoms with E-state index >= 15 is 0 Å². The van der Waals surface area contributed by atoms with Crippen LogP contribution in [-0.2, 0) is 11.3 Å². The highest BCUT2D eigenvalue weighted by Gasteiger charge is 2.32. The minimum Gasteiger partial charge on any atom is -0.352 e. The van der Waals surface area contributed by atoms with E-state index in [9.17, 15) is 9.59 Å². The van der Waals surface area contributed by atoms with E-state index in [2.05, 4.69) is 16.0 Å². The molecule has 1 aliphatic carbocycles. The second-order valence-electron chi connectivity index (χ2n) is 7.67. The lowest BCUT2D eigenvalue weighted by Crippen LogP contribution is -2.38. The molecule has 0 spiro atoms. The summed E-state index contributed by atoms with van der Waals surface area (Å²) in [5, 5.41) is 8.55. The Balaban J connectivity index is 1.80. The van der Waals surface area contributed by atoms with Gasteiger partial charge in [-0.2, -0.15) is 0 Å². The molecule has 5 N–H and O–H groups in total. The summed E-state index contributed by atoms with van der Waals surface area (Å²) >= 11 is 0. The fourth-order valence-electron chi connectivity index (χ4n) is 3.49. The highest BCUT2D eigenvalue weighted by molar-refractivity contribution is 5.89. The first-order valence-electron chi connectivity index (χ1n) is 9.56. The van der Waals surface area contributed by atoms with Gasteiger partial charge in [0.1, 0.15) is 0 Å². The molecule has 0 unspecified atom stereocenters. The predicted molar refractivity (Wildman–Crippen MR) is 105 cm³/mol. The largest absolute Gasteiger partial charge is 0.352 e. The molecule has 6 heteroatoms. The Morgan fingerprint density at radius 1 is 1.12 bits per heavy atom. The fourth-order valence-corrected chi connectivity index (χ4v) is 3.49. The number of nitrogens with one attached hydrogen (secondary N) is 3. The van der Waals surface area contributed by atoms with Crippen molar-refractivity contribution in [2.24, 2.45) is 11.1 Å². The Hall–Kier alpha value is -2.08. The van der Waals surface area contributed by atoms with Gasteiger partial charge in [0.15, 0.2) is 0 Å². The van der Waals surface area contributed by atoms with Gasteiger partial charge in [0.05, 0.1) is 0 Å². The molecular weight excluding hydrogens is 328 g/mol. The Kier molecular flexibility index (Phi) is 7.45. The summed E-state index contributed by atoms with van der Waals surface area (Å²) in [5.74, 6) is 0.0656. The highest BCUT2D eigenvalue weighted by Crippen LogP contribution is 2.38. The van der Waals surface area contributed by atoms with Gasteiger partial charge in [-0.3, -0.25) is 4.79 Å². The number of urea groups is 1. The Bertz CT molecular complexity index is 592. The van der Waals surface area contributed by atoms with Crippen LogP contribution >= 0.6 is 0 Å². The second kappa shape index (κ2) is 9.57. The molecule has 0 aliphatic heterocycles. The summed E-state index contributed by atoms with van der Waals surface area (Å²) in [5.41, 5.74) is 7.67. The van der Waals surface area contributed by atoms with Crippen LogP contribution in [0.1, 0.15) is 57.9 Å². The Labute approximate surface area is 156 Å². The first kappa shape index (κ1) is 20.2. The number of amides is 3. The lowest BCUT2D eigenvalue weighted by molar-refractivity contribution is -0.124. The van der Waals surface area contributed by atoms with Gasteiger partial charge < -0.3 is 21.7 Å². The van der Waals surface area contributed by atoms with Crippen LogP contribution in [0.15, 0.2) is 24.3 Å². The standard InChI is InChI=1S/C20H32N4O2/c1-15(2)23-19(26)24-17-8-6-16(7-9-17)13-22-18(25)12-20(14-21)10-4-3-5-11-20/h6-9,15H,3-5,10-14,21H2,1-2H3,(H,22,25)(H2,23,24,26). The maximum atomic E-state index is 12.3. The molecule has 1 aromatic carbocycles. The van der Waals surface area contributed by atoms with Crippen molar-refractivity contribution in [3.63, 3.8) is 0 Å². The molecule has 1 saturated carbocycles. The van der Waals surface area contributed by atoms with E-state index < -0.39 is 0 Å². The smallest absolute Gasteiger partial charge is 0.319 e. The van der Waals surface area contributed by atoms with Crippen molar-refractivity contribution in [3.8, 4) is 0 Å². The van der Waals surface area contributed by atoms with Crippen molar-refractivity contribution in [2.75, 3.05) is 11.9 Å². The minimum atomic E-state index is -0.222. The molecule has 144 valence electrons. The molecule has 0 bridgehead atoms. The third kappa shape index (κ3) is 6.33. The molecule has 1 aliphatic rings. The zero-order valence-electron chi connectivity index (χ0n) is 15.9. The van der Waals surface area contributed by atoms with E-state index in [1.807, 2.05) is 38.1 Å². The molecule has 0 aromatic heterocycles. The molecule has 2 rings (SSSR count). The topological polar surface area (TPSA) is 96.2 Å². The third-order valence-corrected chi connectivity index (χ3v) is 5.00. The lowest BCUT2D eigenvalue weighted by Gasteiger charge is -2.35. The fraction of sp³-hybridized carbons (Fsp3) is 0.600. The minimum absolute atomic E-state index is 0.0140. The first-order chi connectivity index (χ1) is 12.4. The number of anilines is 1. The van der Waals surface area contributed by atoms with Crippen molar-refractivity contribution in [3.05, 3.63) is 29.8 Å². The lowest BCUT2D eigenvalue weighted by atomic mass is 9.71. The monoisotopic (exact) mass is 360 g/mol. The predicted octanol–water partition coefficient (Wildman–Crippen LogP) is 3.13. The van der Waals surface area contributed by atoms with Crippen LogP contribution in [0.4, 0.5) is 10.5 Å². The molecular formula is C20H32N4O2. The van der Waals surface area contributed by atoms with Crippen molar-refractivity contribution >= 4 is 17.6 Å². The molecule has 0 radical (unpaired) electrons. The number of benzene rings is 1. The number of carbonyl (C=O) groups excluding carboxylic acids is 2. The van der Waals surface area contributed by atoms with Gasteiger partial charge in [0.25, 0.3) is 0 Å². The summed E-state index contributed by atoms with van der Waals surface area (Å²) in [6.07, 6.45) is 6.20. The average Bonchev–Trinajstić information content (AvgIpc) is 2.61. The molecule has 0 atom stereocenters. The highest BCUT2D eigenvalue weighted by atomic mass is 16.2. The average molecular weight is 361 g/mol. The van der Waals surface area contributed by atoms with E-state index in [1.165, 1.54) is 19.3 Å². The van der Waals surface area contributed by atoms with Gasteiger partial charge in [-0.05, 0) is 56.3 Å². The third-order valence-electron chi connectivity index (χ3n) is 5.00. The quantitative estimate of drug-likeness (QED) is 0.601. The van der Waals surface area contributed by atoms with Gasteiger partial charge in [-0.1, -0.05) is 31.4 Å². The van der Waals surface area contributed by atoms with Crippen molar-refractivity contribution in [1.29, 1.82) is 0 Å². The van der Waals surface area contributed by atoms with Crippen LogP contribution in [0.2, 0.25) is 0 Å². The molecule has 1 aromatic rings. The van der Waals surface area contributed by atoms with Crippen LogP contribution in [-0.4, -0.2) is 24.5 Å². The molecule has 3 amide bonds. The van der Waals surface area contributed by atoms with Crippen LogP contribution in [0.5, 0.6) is 0 Å². The zero-order valence-corrected chi connectivity index (χ0v) is 15.9. The van der Waals surface area contributed by atoms with Gasteiger partial charge in [0.2, 0.25) is 5.91 Å². The van der Waals surface area contributed by atoms with Crippen molar-refractivity contribution in [2.45, 2.75) is 65.0 Å². The summed E-state index contributed by atoms with van der Waals surface area (Å²) in [4.78, 5) is 24.0. The van der Waals surface area contributed by atoms with E-state index in [1.54, 1.807) is 0 Å². The van der Waals surface area contributed by atoms with E-state index in [0.29, 0.717) is 19.5 Å². The maximum Gasteiger partial charge on any atom is 0.319 e. The first-order valence-corrected chi connectivity index (χ1v) is 9.56. The van der Waals surface area contributed by atoms with Crippen molar-refractivity contribution in [1.82, 2.24) is 10.6 Å². The van der Waals surface area contributed by atoms with Gasteiger partial charge in [-0.25, -0.2) is 4.79 Å². The van der Waals surface area contributed by atoms with Gasteiger partial charge in [-0.15, -0.1) is 0 Å². The molecule has 0 heterocycles. The summed E-state index contributed by atoms with van der Waals surface area (Å²) < 4.78 is 0. The number of rotatable bonds is 7. The van der Waals surface area contributed by atoms with Crippen molar-refractivity contribution < 1.29 is 9.59 Å². The van der Waals surface area contributed by atoms with Crippen LogP contribution in [0.3, 0.4) is 0 Å². The summed E-state index contributed by atoms with van der Waals surface area (Å²) in [7, 11) is 0. The van der Waals surface area contributed by atoms with Crippen LogP contribution < -0.4 is 21.7 Å². The van der Waals surface area contributed by atoms with Gasteiger partial charge in [0, 0.05) is 24.7 Å². The zero-order chi connectivity index (χ0) is 19.0. The van der Waals surface area contributed by atoms with Crippen LogP contribution in [0, 0.1) is 5.41 Å². The van der Waals surface area contributed by atoms with E-state index in [-0.39, 0.29) is 23.4 Å². The van der Waals surface area contributed by atoms with E-state index in [4.69, 9.17) is 5.73 Å². The molecule has 6 nitrogen and oxygen atoms in total. The number of hydrogen-bond donors (Lipinski definition) is 4. The van der Waals surface area contributed by atoms with Crippen LogP contribution in [0.25, 0.3) is 0 Å². The number of carbonyl (C=O) groups is 2. The number of nitrogens with two attached hydrogens (primary N) is 1. The van der Waals surface area contributed by atoms with E-state index in [0.717, 1.165) is 24.1 Å². The van der Waals surface area contributed by atoms with Gasteiger partial charge >= 0.3 is 6.03 Å². The number of hydrogen-bond acceptors (Lipinski definition) is 3. The Morgan fingerprint density at radius 2 is 1.77 bits per heavy atom.